The number of ether oxygens (including phenoxy) is 3. The topological polar surface area (TPSA) is 75.0 Å². The molecule has 0 aliphatic rings. The second kappa shape index (κ2) is 14.0. The van der Waals surface area contributed by atoms with Crippen LogP contribution in [0.2, 0.25) is 0 Å². The van der Waals surface area contributed by atoms with Crippen LogP contribution in [0.1, 0.15) is 70.8 Å². The minimum atomic E-state index is -0.189. The van der Waals surface area contributed by atoms with Crippen molar-refractivity contribution in [2.45, 2.75) is 65.2 Å². The molecule has 0 radical (unpaired) electrons. The molecule has 0 atom stereocenters. The van der Waals surface area contributed by atoms with Crippen LogP contribution in [0, 0.1) is 0 Å². The molecule has 0 aliphatic heterocycles. The average molecular weight is 536 g/mol. The Morgan fingerprint density at radius 1 is 0.868 bits per heavy atom. The summed E-state index contributed by atoms with van der Waals surface area (Å²) in [4.78, 5) is 18.2. The van der Waals surface area contributed by atoms with Crippen molar-refractivity contribution in [2.75, 3.05) is 20.3 Å². The van der Waals surface area contributed by atoms with Crippen LogP contribution in [0.25, 0.3) is 22.4 Å². The standard InChI is InChI=1S/C30H37N3O4S/c1-4-6-8-9-10-11-19-37-25-17-12-22(20-26(25)35-3)21-27-29(34)33-30(38-27)31-28(32-33)23-13-15-24(16-14-23)36-18-7-5-2/h12-17,20-21H,4-11,18-19H2,1-3H3. The summed E-state index contributed by atoms with van der Waals surface area (Å²) in [6.45, 7) is 5.73. The third-order valence-electron chi connectivity index (χ3n) is 6.30. The first kappa shape index (κ1) is 27.6. The maximum Gasteiger partial charge on any atom is 0.291 e. The Kier molecular flexibility index (Phi) is 10.1. The molecular formula is C30H37N3O4S. The molecule has 7 nitrogen and oxygen atoms in total. The average Bonchev–Trinajstić information content (AvgIpc) is 3.48. The largest absolute Gasteiger partial charge is 0.494 e. The monoisotopic (exact) mass is 535 g/mol. The van der Waals surface area contributed by atoms with Crippen molar-refractivity contribution in [1.29, 1.82) is 0 Å². The molecular weight excluding hydrogens is 498 g/mol. The lowest BCUT2D eigenvalue weighted by Gasteiger charge is -2.11. The van der Waals surface area contributed by atoms with Crippen molar-refractivity contribution in [2.24, 2.45) is 0 Å². The summed E-state index contributed by atoms with van der Waals surface area (Å²) in [5.74, 6) is 2.71. The molecule has 0 unspecified atom stereocenters. The molecule has 38 heavy (non-hydrogen) atoms. The van der Waals surface area contributed by atoms with Gasteiger partial charge in [-0.1, -0.05) is 69.8 Å². The van der Waals surface area contributed by atoms with Crippen molar-refractivity contribution in [1.82, 2.24) is 14.6 Å². The van der Waals surface area contributed by atoms with Gasteiger partial charge in [-0.15, -0.1) is 5.10 Å². The van der Waals surface area contributed by atoms with E-state index in [4.69, 9.17) is 14.2 Å². The highest BCUT2D eigenvalue weighted by atomic mass is 32.1. The summed E-state index contributed by atoms with van der Waals surface area (Å²) in [6.07, 6.45) is 11.3. The number of fused-ring (bicyclic) bond motifs is 1. The first-order valence-electron chi connectivity index (χ1n) is 13.6. The Morgan fingerprint density at radius 3 is 2.34 bits per heavy atom. The number of methoxy groups -OCH3 is 1. The Bertz CT molecular complexity index is 1410. The summed E-state index contributed by atoms with van der Waals surface area (Å²) in [5, 5.41) is 4.46. The van der Waals surface area contributed by atoms with Gasteiger partial charge >= 0.3 is 0 Å². The van der Waals surface area contributed by atoms with Gasteiger partial charge in [0.25, 0.3) is 5.56 Å². The van der Waals surface area contributed by atoms with Crippen molar-refractivity contribution in [3.63, 3.8) is 0 Å². The van der Waals surface area contributed by atoms with Gasteiger partial charge < -0.3 is 14.2 Å². The Labute approximate surface area is 228 Å². The quantitative estimate of drug-likeness (QED) is 0.167. The lowest BCUT2D eigenvalue weighted by Crippen LogP contribution is -2.23. The molecule has 0 aliphatic carbocycles. The molecule has 0 N–H and O–H groups in total. The van der Waals surface area contributed by atoms with Crippen molar-refractivity contribution >= 4 is 22.4 Å². The number of aromatic nitrogens is 3. The van der Waals surface area contributed by atoms with Crippen molar-refractivity contribution < 1.29 is 14.2 Å². The van der Waals surface area contributed by atoms with Gasteiger partial charge in [-0.25, -0.2) is 0 Å². The molecule has 2 aromatic heterocycles. The van der Waals surface area contributed by atoms with Crippen LogP contribution in [0.4, 0.5) is 0 Å². The molecule has 202 valence electrons. The van der Waals surface area contributed by atoms with Gasteiger partial charge in [0, 0.05) is 5.56 Å². The van der Waals surface area contributed by atoms with Gasteiger partial charge in [0.05, 0.1) is 24.9 Å². The molecule has 4 aromatic rings. The van der Waals surface area contributed by atoms with Gasteiger partial charge in [-0.2, -0.15) is 9.50 Å². The second-order valence-corrected chi connectivity index (χ2v) is 10.3. The fraction of sp³-hybridized carbons (Fsp3) is 0.433. The maximum atomic E-state index is 13.0. The van der Waals surface area contributed by atoms with E-state index in [-0.39, 0.29) is 5.56 Å². The molecule has 0 saturated carbocycles. The summed E-state index contributed by atoms with van der Waals surface area (Å²) in [6, 6.07) is 13.4. The van der Waals surface area contributed by atoms with Crippen LogP contribution in [0.5, 0.6) is 17.2 Å². The Hall–Kier alpha value is -3.39. The van der Waals surface area contributed by atoms with Crippen LogP contribution < -0.4 is 24.3 Å². The zero-order valence-electron chi connectivity index (χ0n) is 22.6. The molecule has 0 bridgehead atoms. The Morgan fingerprint density at radius 2 is 1.61 bits per heavy atom. The maximum absolute atomic E-state index is 13.0. The van der Waals surface area contributed by atoms with E-state index in [2.05, 4.69) is 23.9 Å². The third-order valence-corrected chi connectivity index (χ3v) is 7.26. The van der Waals surface area contributed by atoms with E-state index in [1.165, 1.54) is 48.0 Å². The first-order valence-corrected chi connectivity index (χ1v) is 14.4. The van der Waals surface area contributed by atoms with Crippen LogP contribution >= 0.6 is 11.3 Å². The van der Waals surface area contributed by atoms with E-state index in [1.807, 2.05) is 48.5 Å². The molecule has 8 heteroatoms. The molecule has 4 rings (SSSR count). The fourth-order valence-electron chi connectivity index (χ4n) is 4.10. The van der Waals surface area contributed by atoms with Gasteiger partial charge in [-0.05, 0) is 60.9 Å². The number of nitrogens with zero attached hydrogens (tertiary/aromatic N) is 3. The SMILES string of the molecule is CCCCCCCCOc1ccc(C=c2sc3nc(-c4ccc(OCCCC)cc4)nn3c2=O)cc1OC. The number of rotatable bonds is 15. The van der Waals surface area contributed by atoms with E-state index in [9.17, 15) is 4.79 Å². The van der Waals surface area contributed by atoms with E-state index >= 15 is 0 Å². The number of unbranched alkanes of at least 4 members (excludes halogenated alkanes) is 6. The molecule has 0 fully saturated rings. The van der Waals surface area contributed by atoms with Crippen LogP contribution in [0.15, 0.2) is 47.3 Å². The van der Waals surface area contributed by atoms with E-state index in [1.54, 1.807) is 7.11 Å². The first-order chi connectivity index (χ1) is 18.6. The molecule has 2 heterocycles. The van der Waals surface area contributed by atoms with Crippen LogP contribution in [0.3, 0.4) is 0 Å². The molecule has 2 aromatic carbocycles. The zero-order valence-corrected chi connectivity index (χ0v) is 23.4. The zero-order chi connectivity index (χ0) is 26.7. The third kappa shape index (κ3) is 7.13. The van der Waals surface area contributed by atoms with Gasteiger partial charge in [-0.3, -0.25) is 4.79 Å². The van der Waals surface area contributed by atoms with Crippen LogP contribution in [-0.4, -0.2) is 34.9 Å². The highest BCUT2D eigenvalue weighted by Crippen LogP contribution is 2.29. The summed E-state index contributed by atoms with van der Waals surface area (Å²) >= 11 is 1.32. The Balaban J connectivity index is 1.44. The number of hydrogen-bond acceptors (Lipinski definition) is 7. The van der Waals surface area contributed by atoms with E-state index in [0.29, 0.717) is 34.3 Å². The highest BCUT2D eigenvalue weighted by Gasteiger charge is 2.13. The number of benzene rings is 2. The minimum absolute atomic E-state index is 0.189. The normalized spacial score (nSPS) is 11.8. The fourth-order valence-corrected chi connectivity index (χ4v) is 5.01. The summed E-state index contributed by atoms with van der Waals surface area (Å²) in [7, 11) is 1.63. The summed E-state index contributed by atoms with van der Waals surface area (Å²) in [5.41, 5.74) is 1.51. The van der Waals surface area contributed by atoms with Gasteiger partial charge in [0.15, 0.2) is 17.3 Å². The van der Waals surface area contributed by atoms with Crippen molar-refractivity contribution in [3.05, 3.63) is 62.9 Å². The predicted molar refractivity (Wildman–Crippen MR) is 154 cm³/mol. The lowest BCUT2D eigenvalue weighted by molar-refractivity contribution is 0.284. The summed E-state index contributed by atoms with van der Waals surface area (Å²) < 4.78 is 19.2. The van der Waals surface area contributed by atoms with E-state index < -0.39 is 0 Å². The number of thiazole rings is 1. The lowest BCUT2D eigenvalue weighted by atomic mass is 10.1. The molecule has 0 amide bonds. The molecule has 0 saturated heterocycles. The highest BCUT2D eigenvalue weighted by molar-refractivity contribution is 7.15. The van der Waals surface area contributed by atoms with Crippen molar-refractivity contribution in [3.8, 4) is 28.6 Å². The second-order valence-electron chi connectivity index (χ2n) is 9.30. The van der Waals surface area contributed by atoms with E-state index in [0.717, 1.165) is 41.9 Å². The number of hydrogen-bond donors (Lipinski definition) is 0. The predicted octanol–water partition coefficient (Wildman–Crippen LogP) is 6.29. The minimum Gasteiger partial charge on any atom is -0.494 e. The van der Waals surface area contributed by atoms with Gasteiger partial charge in [0.2, 0.25) is 4.96 Å². The molecule has 0 spiro atoms. The smallest absolute Gasteiger partial charge is 0.291 e. The van der Waals surface area contributed by atoms with Gasteiger partial charge in [0.1, 0.15) is 5.75 Å². The van der Waals surface area contributed by atoms with Crippen LogP contribution in [-0.2, 0) is 0 Å².